The van der Waals surface area contributed by atoms with E-state index >= 15 is 0 Å². The number of aliphatic hydroxyl groups excluding tert-OH is 1. The molecule has 0 amide bonds. The standard InChI is InChI=1S/C38H53N3O7S/c1-6-20-46-21-17-29(18-22-47-23-19-42)39-27-28-11-14-34(37(24-28)49(43,44)45)38-32-15-12-30(40(7-2)8-3)25-35(32)48-36-26-31(13-16-33(36)38)41(9-4)10-5/h11-16,24-26,29,39,42H,6-10,17-23,27H2,1-5H3/p+1. The third-order valence-corrected chi connectivity index (χ3v) is 9.83. The largest absolute Gasteiger partial charge is 0.456 e. The molecule has 4 rings (SSSR count). The molecule has 0 spiro atoms. The van der Waals surface area contributed by atoms with Crippen LogP contribution in [0.15, 0.2) is 63.9 Å². The summed E-state index contributed by atoms with van der Waals surface area (Å²) < 4.78 is 56.8. The van der Waals surface area contributed by atoms with Crippen molar-refractivity contribution in [3.63, 3.8) is 0 Å². The van der Waals surface area contributed by atoms with E-state index in [9.17, 15) is 13.0 Å². The molecule has 0 saturated heterocycles. The van der Waals surface area contributed by atoms with Gasteiger partial charge in [-0.2, -0.15) is 8.42 Å². The first kappa shape index (κ1) is 38.5. The lowest BCUT2D eigenvalue weighted by Gasteiger charge is -2.23. The molecule has 268 valence electrons. The molecule has 0 radical (unpaired) electrons. The van der Waals surface area contributed by atoms with Gasteiger partial charge < -0.3 is 29.2 Å². The predicted molar refractivity (Wildman–Crippen MR) is 197 cm³/mol. The van der Waals surface area contributed by atoms with Gasteiger partial charge in [0.2, 0.25) is 5.36 Å². The van der Waals surface area contributed by atoms with Crippen molar-refractivity contribution in [2.75, 3.05) is 64.1 Å². The normalized spacial score (nSPS) is 12.6. The summed E-state index contributed by atoms with van der Waals surface area (Å²) in [6.45, 7) is 16.2. The number of benzene rings is 3. The Hall–Kier alpha value is -3.32. The summed E-state index contributed by atoms with van der Waals surface area (Å²) in [5.74, 6) is 0.632. The summed E-state index contributed by atoms with van der Waals surface area (Å²) in [6, 6.07) is 17.3. The molecule has 10 nitrogen and oxygen atoms in total. The van der Waals surface area contributed by atoms with E-state index in [0.717, 1.165) is 61.0 Å². The van der Waals surface area contributed by atoms with Crippen LogP contribution in [0.5, 0.6) is 0 Å². The smallest absolute Gasteiger partial charge is 0.295 e. The van der Waals surface area contributed by atoms with Crippen molar-refractivity contribution in [2.24, 2.45) is 0 Å². The lowest BCUT2D eigenvalue weighted by Crippen LogP contribution is -2.31. The van der Waals surface area contributed by atoms with Crippen molar-refractivity contribution >= 4 is 26.8 Å². The molecule has 2 aromatic rings. The number of hydrogen-bond donors (Lipinski definition) is 3. The first-order valence-corrected chi connectivity index (χ1v) is 19.1. The molecular weight excluding hydrogens is 642 g/mol. The van der Waals surface area contributed by atoms with Crippen LogP contribution < -0.4 is 20.1 Å². The van der Waals surface area contributed by atoms with E-state index in [-0.39, 0.29) is 24.2 Å². The molecule has 1 aliphatic carbocycles. The number of nitrogens with zero attached hydrogens (tertiary/aromatic N) is 2. The molecule has 49 heavy (non-hydrogen) atoms. The average molecular weight is 697 g/mol. The van der Waals surface area contributed by atoms with Crippen molar-refractivity contribution in [3.8, 4) is 22.5 Å². The highest BCUT2D eigenvalue weighted by Gasteiger charge is 2.25. The minimum Gasteiger partial charge on any atom is -0.456 e. The van der Waals surface area contributed by atoms with Crippen LogP contribution in [0, 0.1) is 0 Å². The number of hydrogen-bond acceptors (Lipinski definition) is 8. The first-order chi connectivity index (χ1) is 23.7. The first-order valence-electron chi connectivity index (χ1n) is 17.6. The zero-order valence-corrected chi connectivity index (χ0v) is 30.5. The average Bonchev–Trinajstić information content (AvgIpc) is 3.10. The highest BCUT2D eigenvalue weighted by Crippen LogP contribution is 2.43. The van der Waals surface area contributed by atoms with E-state index in [1.165, 1.54) is 0 Å². The molecular formula is C38H54N3O7S+. The number of anilines is 1. The van der Waals surface area contributed by atoms with Crippen LogP contribution in [-0.4, -0.2) is 83.3 Å². The maximum Gasteiger partial charge on any atom is 0.295 e. The molecule has 0 fully saturated rings. The zero-order valence-electron chi connectivity index (χ0n) is 29.7. The van der Waals surface area contributed by atoms with Crippen LogP contribution in [0.1, 0.15) is 59.4 Å². The van der Waals surface area contributed by atoms with Crippen LogP contribution in [0.4, 0.5) is 5.69 Å². The number of aliphatic hydroxyl groups is 1. The number of ether oxygens (including phenoxy) is 2. The van der Waals surface area contributed by atoms with Crippen molar-refractivity contribution < 1.29 is 32.0 Å². The molecule has 2 aromatic carbocycles. The van der Waals surface area contributed by atoms with Crippen molar-refractivity contribution in [1.29, 1.82) is 0 Å². The van der Waals surface area contributed by atoms with Crippen LogP contribution in [0.3, 0.4) is 0 Å². The van der Waals surface area contributed by atoms with Crippen molar-refractivity contribution in [3.05, 3.63) is 65.5 Å². The SMILES string of the molecule is CCCOCCC(CCOCCO)NCc1ccc(-c2c3ccc(=[N+](CC)CC)cc-3oc3cc(N(CC)CC)ccc23)c(S(=O)(=O)O)c1. The van der Waals surface area contributed by atoms with Crippen molar-refractivity contribution in [2.45, 2.75) is 71.4 Å². The highest BCUT2D eigenvalue weighted by atomic mass is 32.2. The van der Waals surface area contributed by atoms with E-state index in [1.54, 1.807) is 12.1 Å². The molecule has 1 aliphatic heterocycles. The Kier molecular flexibility index (Phi) is 14.6. The van der Waals surface area contributed by atoms with Gasteiger partial charge in [-0.25, -0.2) is 4.58 Å². The van der Waals surface area contributed by atoms with Gasteiger partial charge in [-0.05, 0) is 76.8 Å². The summed E-state index contributed by atoms with van der Waals surface area (Å²) >= 11 is 0. The van der Waals surface area contributed by atoms with Gasteiger partial charge in [0.05, 0.1) is 19.3 Å². The molecule has 0 saturated carbocycles. The number of nitrogens with one attached hydrogen (secondary N) is 1. The molecule has 1 unspecified atom stereocenters. The van der Waals surface area contributed by atoms with Crippen LogP contribution in [0.25, 0.3) is 33.4 Å². The van der Waals surface area contributed by atoms with Gasteiger partial charge in [-0.1, -0.05) is 19.1 Å². The van der Waals surface area contributed by atoms with Gasteiger partial charge in [0.25, 0.3) is 10.1 Å². The lowest BCUT2D eigenvalue weighted by molar-refractivity contribution is 0.0791. The minimum atomic E-state index is -4.62. The van der Waals surface area contributed by atoms with E-state index in [4.69, 9.17) is 19.0 Å². The Bertz CT molecular complexity index is 1780. The van der Waals surface area contributed by atoms with Gasteiger partial charge in [0, 0.05) is 85.4 Å². The lowest BCUT2D eigenvalue weighted by atomic mass is 9.92. The molecule has 3 N–H and O–H groups in total. The zero-order chi connectivity index (χ0) is 35.4. The van der Waals surface area contributed by atoms with E-state index in [1.807, 2.05) is 42.5 Å². The molecule has 0 bridgehead atoms. The summed E-state index contributed by atoms with van der Waals surface area (Å²) in [4.78, 5) is 2.08. The molecule has 0 aromatic heterocycles. The summed E-state index contributed by atoms with van der Waals surface area (Å²) in [5.41, 5.74) is 4.21. The van der Waals surface area contributed by atoms with Crippen LogP contribution in [-0.2, 0) is 26.1 Å². The molecule has 2 aliphatic rings. The Balaban J connectivity index is 1.82. The summed E-state index contributed by atoms with van der Waals surface area (Å²) in [6.07, 6.45) is 2.40. The third-order valence-electron chi connectivity index (χ3n) is 8.94. The van der Waals surface area contributed by atoms with Crippen LogP contribution >= 0.6 is 0 Å². The van der Waals surface area contributed by atoms with Crippen LogP contribution in [0.2, 0.25) is 0 Å². The fourth-order valence-electron chi connectivity index (χ4n) is 6.30. The second kappa shape index (κ2) is 18.6. The summed E-state index contributed by atoms with van der Waals surface area (Å²) in [5, 5.41) is 14.4. The second-order valence-electron chi connectivity index (χ2n) is 12.1. The maximum atomic E-state index is 13.1. The van der Waals surface area contributed by atoms with Gasteiger partial charge >= 0.3 is 0 Å². The van der Waals surface area contributed by atoms with Gasteiger partial charge in [-0.3, -0.25) is 4.55 Å². The monoisotopic (exact) mass is 696 g/mol. The Morgan fingerprint density at radius 3 is 2.18 bits per heavy atom. The van der Waals surface area contributed by atoms with Crippen molar-refractivity contribution in [1.82, 2.24) is 9.89 Å². The number of fused-ring (bicyclic) bond motifs is 2. The van der Waals surface area contributed by atoms with Gasteiger partial charge in [-0.15, -0.1) is 0 Å². The maximum absolute atomic E-state index is 13.1. The third kappa shape index (κ3) is 9.90. The van der Waals surface area contributed by atoms with Gasteiger partial charge in [0.1, 0.15) is 29.3 Å². The second-order valence-corrected chi connectivity index (χ2v) is 13.5. The predicted octanol–water partition coefficient (Wildman–Crippen LogP) is 5.78. The van der Waals surface area contributed by atoms with E-state index in [2.05, 4.69) is 49.4 Å². The topological polar surface area (TPSA) is 124 Å². The quantitative estimate of drug-likeness (QED) is 0.0457. The fourth-order valence-corrected chi connectivity index (χ4v) is 7.05. The summed E-state index contributed by atoms with van der Waals surface area (Å²) in [7, 11) is -4.62. The highest BCUT2D eigenvalue weighted by molar-refractivity contribution is 7.86. The fraction of sp³-hybridized carbons (Fsp3) is 0.500. The van der Waals surface area contributed by atoms with E-state index in [0.29, 0.717) is 60.8 Å². The Labute approximate surface area is 291 Å². The van der Waals surface area contributed by atoms with E-state index < -0.39 is 10.1 Å². The minimum absolute atomic E-state index is 0.0310. The van der Waals surface area contributed by atoms with Gasteiger partial charge in [0.15, 0.2) is 0 Å². The Morgan fingerprint density at radius 2 is 1.55 bits per heavy atom. The molecule has 1 heterocycles. The molecule has 1 atom stereocenters. The molecule has 11 heteroatoms. The number of rotatable bonds is 20. The Morgan fingerprint density at radius 1 is 0.857 bits per heavy atom.